The van der Waals surface area contributed by atoms with E-state index in [1.807, 2.05) is 24.3 Å². The fourth-order valence-corrected chi connectivity index (χ4v) is 5.85. The van der Waals surface area contributed by atoms with Crippen molar-refractivity contribution in [2.45, 2.75) is 45.2 Å². The van der Waals surface area contributed by atoms with Crippen LogP contribution in [-0.4, -0.2) is 43.6 Å². The standard InChI is InChI=1S/C26H25FN6OS/c1-15(34)29-26-30-21-9-8-19-23(17-4-3-11-28-13-17)31-33(24(19)25(21)35-26)22-10-5-16(12-20(22)27)14-32(2)18-6-7-18/h3-5,10-13,18H,6-9,14H2,1-2H3,(H,29,30,34). The topological polar surface area (TPSA) is 75.9 Å². The second-order valence-corrected chi connectivity index (χ2v) is 10.2. The highest BCUT2D eigenvalue weighted by molar-refractivity contribution is 7.19. The van der Waals surface area contributed by atoms with E-state index in [9.17, 15) is 4.79 Å². The third kappa shape index (κ3) is 4.15. The van der Waals surface area contributed by atoms with Crippen LogP contribution in [0.1, 0.15) is 36.6 Å². The largest absolute Gasteiger partial charge is 0.302 e. The Labute approximate surface area is 206 Å². The van der Waals surface area contributed by atoms with E-state index < -0.39 is 0 Å². The van der Waals surface area contributed by atoms with Crippen LogP contribution in [0.15, 0.2) is 42.7 Å². The molecule has 9 heteroatoms. The number of nitrogens with zero attached hydrogens (tertiary/aromatic N) is 5. The molecular weight excluding hydrogens is 463 g/mol. The average Bonchev–Trinajstić information content (AvgIpc) is 3.51. The smallest absolute Gasteiger partial charge is 0.223 e. The minimum absolute atomic E-state index is 0.168. The first-order valence-corrected chi connectivity index (χ1v) is 12.6. The van der Waals surface area contributed by atoms with E-state index in [1.165, 1.54) is 31.1 Å². The number of anilines is 1. The van der Waals surface area contributed by atoms with Crippen LogP contribution < -0.4 is 5.32 Å². The van der Waals surface area contributed by atoms with Gasteiger partial charge in [0, 0.05) is 43.0 Å². The zero-order valence-corrected chi connectivity index (χ0v) is 20.4. The summed E-state index contributed by atoms with van der Waals surface area (Å²) in [6.45, 7) is 2.19. The molecule has 3 heterocycles. The molecule has 0 spiro atoms. The van der Waals surface area contributed by atoms with E-state index in [0.717, 1.165) is 58.0 Å². The molecule has 0 atom stereocenters. The number of hydrogen-bond acceptors (Lipinski definition) is 6. The fraction of sp³-hybridized carbons (Fsp3) is 0.308. The van der Waals surface area contributed by atoms with E-state index in [4.69, 9.17) is 5.10 Å². The summed E-state index contributed by atoms with van der Waals surface area (Å²) in [5.74, 6) is -0.480. The average molecular weight is 489 g/mol. The molecule has 1 N–H and O–H groups in total. The predicted molar refractivity (Wildman–Crippen MR) is 134 cm³/mol. The molecule has 1 fully saturated rings. The molecule has 2 aliphatic carbocycles. The van der Waals surface area contributed by atoms with Crippen LogP contribution in [0.4, 0.5) is 9.52 Å². The van der Waals surface area contributed by atoms with Gasteiger partial charge in [0.15, 0.2) is 5.13 Å². The fourth-order valence-electron chi connectivity index (χ4n) is 4.74. The SMILES string of the molecule is CC(=O)Nc1nc2c(s1)-c1c(c(-c3cccnc3)nn1-c1ccc(CN(C)C3CC3)cc1F)CC2. The van der Waals surface area contributed by atoms with Crippen molar-refractivity contribution >= 4 is 22.4 Å². The Morgan fingerprint density at radius 2 is 2.14 bits per heavy atom. The number of hydrogen-bond donors (Lipinski definition) is 1. The molecule has 0 radical (unpaired) electrons. The summed E-state index contributed by atoms with van der Waals surface area (Å²) in [7, 11) is 2.09. The number of pyridine rings is 1. The van der Waals surface area contributed by atoms with Crippen LogP contribution in [0, 0.1) is 5.82 Å². The van der Waals surface area contributed by atoms with E-state index in [1.54, 1.807) is 23.1 Å². The number of fused-ring (bicyclic) bond motifs is 3. The van der Waals surface area contributed by atoms with Crippen molar-refractivity contribution in [1.82, 2.24) is 24.6 Å². The number of nitrogens with one attached hydrogen (secondary N) is 1. The molecular formula is C26H25FN6OS. The minimum atomic E-state index is -0.312. The molecule has 35 heavy (non-hydrogen) atoms. The number of carbonyl (C=O) groups is 1. The number of amides is 1. The number of aromatic nitrogens is 4. The van der Waals surface area contributed by atoms with Gasteiger partial charge in [-0.1, -0.05) is 17.4 Å². The zero-order valence-electron chi connectivity index (χ0n) is 19.6. The van der Waals surface area contributed by atoms with E-state index in [0.29, 0.717) is 16.9 Å². The summed E-state index contributed by atoms with van der Waals surface area (Å²) in [5.41, 5.74) is 5.80. The van der Waals surface area contributed by atoms with Crippen molar-refractivity contribution in [3.8, 4) is 27.5 Å². The van der Waals surface area contributed by atoms with Crippen LogP contribution >= 0.6 is 11.3 Å². The number of benzene rings is 1. The maximum atomic E-state index is 15.6. The molecule has 1 aromatic carbocycles. The molecule has 0 unspecified atom stereocenters. The van der Waals surface area contributed by atoms with Crippen molar-refractivity contribution in [1.29, 1.82) is 0 Å². The first-order valence-electron chi connectivity index (χ1n) is 11.8. The van der Waals surface area contributed by atoms with Gasteiger partial charge in [-0.2, -0.15) is 5.10 Å². The summed E-state index contributed by atoms with van der Waals surface area (Å²) < 4.78 is 17.3. The van der Waals surface area contributed by atoms with E-state index >= 15 is 4.39 Å². The first-order chi connectivity index (χ1) is 17.0. The molecule has 1 amide bonds. The van der Waals surface area contributed by atoms with Gasteiger partial charge in [0.2, 0.25) is 5.91 Å². The Hall–Kier alpha value is -3.43. The quantitative estimate of drug-likeness (QED) is 0.420. The van der Waals surface area contributed by atoms with Gasteiger partial charge in [0.25, 0.3) is 0 Å². The van der Waals surface area contributed by atoms with Gasteiger partial charge in [-0.15, -0.1) is 0 Å². The molecule has 0 bridgehead atoms. The van der Waals surface area contributed by atoms with Crippen LogP contribution in [0.5, 0.6) is 0 Å². The Bertz CT molecular complexity index is 1430. The maximum Gasteiger partial charge on any atom is 0.223 e. The molecule has 178 valence electrons. The normalized spacial score (nSPS) is 14.6. The van der Waals surface area contributed by atoms with Gasteiger partial charge in [-0.25, -0.2) is 14.1 Å². The molecule has 0 saturated heterocycles. The Morgan fingerprint density at radius 3 is 2.86 bits per heavy atom. The van der Waals surface area contributed by atoms with Gasteiger partial charge in [0.1, 0.15) is 11.5 Å². The molecule has 0 aliphatic heterocycles. The first kappa shape index (κ1) is 22.1. The van der Waals surface area contributed by atoms with Crippen LogP contribution in [0.3, 0.4) is 0 Å². The van der Waals surface area contributed by atoms with E-state index in [-0.39, 0.29) is 11.7 Å². The Balaban J connectivity index is 1.47. The van der Waals surface area contributed by atoms with Gasteiger partial charge in [-0.05, 0) is 62.6 Å². The van der Waals surface area contributed by atoms with Crippen molar-refractivity contribution in [2.75, 3.05) is 12.4 Å². The number of carbonyl (C=O) groups excluding carboxylic acids is 1. The van der Waals surface area contributed by atoms with Gasteiger partial charge < -0.3 is 5.32 Å². The lowest BCUT2D eigenvalue weighted by Gasteiger charge is -2.17. The van der Waals surface area contributed by atoms with Gasteiger partial charge in [-0.3, -0.25) is 14.7 Å². The molecule has 1 saturated carbocycles. The molecule has 6 rings (SSSR count). The highest BCUT2D eigenvalue weighted by atomic mass is 32.1. The maximum absolute atomic E-state index is 15.6. The number of aryl methyl sites for hydroxylation is 1. The second-order valence-electron chi connectivity index (χ2n) is 9.24. The van der Waals surface area contributed by atoms with Crippen molar-refractivity contribution in [3.63, 3.8) is 0 Å². The van der Waals surface area contributed by atoms with Crippen molar-refractivity contribution < 1.29 is 9.18 Å². The zero-order chi connectivity index (χ0) is 24.1. The van der Waals surface area contributed by atoms with Crippen LogP contribution in [0.2, 0.25) is 0 Å². The van der Waals surface area contributed by atoms with Gasteiger partial charge in [0.05, 0.1) is 22.0 Å². The predicted octanol–water partition coefficient (Wildman–Crippen LogP) is 4.85. The summed E-state index contributed by atoms with van der Waals surface area (Å²) in [5, 5.41) is 8.25. The van der Waals surface area contributed by atoms with Crippen molar-refractivity contribution in [2.24, 2.45) is 0 Å². The highest BCUT2D eigenvalue weighted by Gasteiger charge is 2.31. The highest BCUT2D eigenvalue weighted by Crippen LogP contribution is 2.44. The molecule has 7 nitrogen and oxygen atoms in total. The summed E-state index contributed by atoms with van der Waals surface area (Å²) >= 11 is 1.40. The Kier molecular flexibility index (Phi) is 5.46. The van der Waals surface area contributed by atoms with E-state index in [2.05, 4.69) is 27.2 Å². The number of thiazole rings is 1. The van der Waals surface area contributed by atoms with Crippen molar-refractivity contribution in [3.05, 3.63) is 65.4 Å². The minimum Gasteiger partial charge on any atom is -0.302 e. The second kappa shape index (κ2) is 8.66. The molecule has 3 aromatic heterocycles. The third-order valence-corrected chi connectivity index (χ3v) is 7.59. The summed E-state index contributed by atoms with van der Waals surface area (Å²) in [4.78, 5) is 23.7. The molecule has 4 aromatic rings. The van der Waals surface area contributed by atoms with Gasteiger partial charge >= 0.3 is 0 Å². The third-order valence-electron chi connectivity index (χ3n) is 6.57. The monoisotopic (exact) mass is 488 g/mol. The van der Waals surface area contributed by atoms with Crippen LogP contribution in [-0.2, 0) is 24.2 Å². The lowest BCUT2D eigenvalue weighted by molar-refractivity contribution is -0.114. The number of rotatable bonds is 6. The lowest BCUT2D eigenvalue weighted by Crippen LogP contribution is -2.20. The van der Waals surface area contributed by atoms with Crippen LogP contribution in [0.25, 0.3) is 27.5 Å². The molecule has 2 aliphatic rings. The Morgan fingerprint density at radius 1 is 1.29 bits per heavy atom. The summed E-state index contributed by atoms with van der Waals surface area (Å²) in [6.07, 6.45) is 7.39. The lowest BCUT2D eigenvalue weighted by atomic mass is 9.95. The number of halogens is 1. The summed E-state index contributed by atoms with van der Waals surface area (Å²) in [6, 6.07) is 9.87.